The number of amides is 2. The van der Waals surface area contributed by atoms with Crippen molar-refractivity contribution in [2.24, 2.45) is 5.92 Å². The van der Waals surface area contributed by atoms with Gasteiger partial charge in [0.1, 0.15) is 6.04 Å². The highest BCUT2D eigenvalue weighted by molar-refractivity contribution is 5.94. The van der Waals surface area contributed by atoms with Crippen LogP contribution < -0.4 is 5.32 Å². The number of rotatable bonds is 5. The molecule has 0 aromatic rings. The first kappa shape index (κ1) is 11.4. The molecule has 2 amide bonds. The Balaban J connectivity index is 1.88. The third-order valence-corrected chi connectivity index (χ3v) is 3.36. The first-order valence-corrected chi connectivity index (χ1v) is 6.29. The Kier molecular flexibility index (Phi) is 3.46. The van der Waals surface area contributed by atoms with Gasteiger partial charge < -0.3 is 10.2 Å². The quantitative estimate of drug-likeness (QED) is 0.754. The molecule has 2 rings (SSSR count). The molecule has 1 aliphatic heterocycles. The molecular weight excluding hydrogens is 204 g/mol. The van der Waals surface area contributed by atoms with Crippen molar-refractivity contribution in [1.29, 1.82) is 0 Å². The maximum atomic E-state index is 12.0. The standard InChI is InChI=1S/C12H20N2O2/c1-2-3-10-12(16)14(8-11(15)13-10)7-6-9-4-5-9/h9-10H,2-8H2,1H3,(H,13,15). The van der Waals surface area contributed by atoms with E-state index in [-0.39, 0.29) is 24.4 Å². The maximum Gasteiger partial charge on any atom is 0.245 e. The van der Waals surface area contributed by atoms with Crippen molar-refractivity contribution in [3.05, 3.63) is 0 Å². The molecule has 16 heavy (non-hydrogen) atoms. The molecule has 90 valence electrons. The number of carbonyl (C=O) groups is 2. The normalized spacial score (nSPS) is 25.8. The minimum Gasteiger partial charge on any atom is -0.343 e. The van der Waals surface area contributed by atoms with Gasteiger partial charge in [0.2, 0.25) is 11.8 Å². The Morgan fingerprint density at radius 3 is 2.69 bits per heavy atom. The number of hydrogen-bond acceptors (Lipinski definition) is 2. The maximum absolute atomic E-state index is 12.0. The van der Waals surface area contributed by atoms with Crippen LogP contribution in [0.1, 0.15) is 39.0 Å². The molecule has 0 bridgehead atoms. The number of carbonyl (C=O) groups excluding carboxylic acids is 2. The second-order valence-electron chi connectivity index (χ2n) is 4.90. The van der Waals surface area contributed by atoms with E-state index in [4.69, 9.17) is 0 Å². The highest BCUT2D eigenvalue weighted by Crippen LogP contribution is 2.32. The summed E-state index contributed by atoms with van der Waals surface area (Å²) in [4.78, 5) is 25.2. The minimum atomic E-state index is -0.273. The lowest BCUT2D eigenvalue weighted by Crippen LogP contribution is -2.58. The Labute approximate surface area is 96.4 Å². The van der Waals surface area contributed by atoms with Crippen molar-refractivity contribution < 1.29 is 9.59 Å². The van der Waals surface area contributed by atoms with Crippen molar-refractivity contribution in [2.75, 3.05) is 13.1 Å². The molecule has 0 aromatic heterocycles. The predicted octanol–water partition coefficient (Wildman–Crippen LogP) is 0.914. The zero-order chi connectivity index (χ0) is 11.5. The average molecular weight is 224 g/mol. The number of piperazine rings is 1. The number of nitrogens with one attached hydrogen (secondary N) is 1. The topological polar surface area (TPSA) is 49.4 Å². The first-order chi connectivity index (χ1) is 7.70. The Morgan fingerprint density at radius 2 is 2.06 bits per heavy atom. The summed E-state index contributed by atoms with van der Waals surface area (Å²) in [5.41, 5.74) is 0. The van der Waals surface area contributed by atoms with E-state index in [0.29, 0.717) is 0 Å². The van der Waals surface area contributed by atoms with Crippen molar-refractivity contribution in [3.8, 4) is 0 Å². The van der Waals surface area contributed by atoms with Gasteiger partial charge >= 0.3 is 0 Å². The molecule has 2 aliphatic rings. The summed E-state index contributed by atoms with van der Waals surface area (Å²) in [6, 6.07) is -0.273. The summed E-state index contributed by atoms with van der Waals surface area (Å²) in [7, 11) is 0. The average Bonchev–Trinajstić information content (AvgIpc) is 3.05. The van der Waals surface area contributed by atoms with Crippen LogP contribution in [-0.2, 0) is 9.59 Å². The van der Waals surface area contributed by atoms with Crippen molar-refractivity contribution in [1.82, 2.24) is 10.2 Å². The predicted molar refractivity (Wildman–Crippen MR) is 60.8 cm³/mol. The van der Waals surface area contributed by atoms with Crippen LogP contribution in [-0.4, -0.2) is 35.8 Å². The fraction of sp³-hybridized carbons (Fsp3) is 0.833. The molecular formula is C12H20N2O2. The summed E-state index contributed by atoms with van der Waals surface area (Å²) < 4.78 is 0. The molecule has 1 saturated heterocycles. The lowest BCUT2D eigenvalue weighted by Gasteiger charge is -2.32. The van der Waals surface area contributed by atoms with Crippen LogP contribution in [0.4, 0.5) is 0 Å². The fourth-order valence-corrected chi connectivity index (χ4v) is 2.19. The SMILES string of the molecule is CCCC1NC(=O)CN(CCC2CC2)C1=O. The molecule has 1 heterocycles. The van der Waals surface area contributed by atoms with E-state index in [1.54, 1.807) is 4.90 Å². The van der Waals surface area contributed by atoms with Gasteiger partial charge in [0.25, 0.3) is 0 Å². The lowest BCUT2D eigenvalue weighted by molar-refractivity contribution is -0.144. The third kappa shape index (κ3) is 2.74. The largest absolute Gasteiger partial charge is 0.343 e. The smallest absolute Gasteiger partial charge is 0.245 e. The summed E-state index contributed by atoms with van der Waals surface area (Å²) in [6.07, 6.45) is 5.34. The van der Waals surface area contributed by atoms with Gasteiger partial charge in [0.15, 0.2) is 0 Å². The van der Waals surface area contributed by atoms with Crippen LogP contribution in [0.5, 0.6) is 0 Å². The Morgan fingerprint density at radius 1 is 1.31 bits per heavy atom. The van der Waals surface area contributed by atoms with Gasteiger partial charge in [-0.2, -0.15) is 0 Å². The van der Waals surface area contributed by atoms with Crippen LogP contribution in [0.2, 0.25) is 0 Å². The third-order valence-electron chi connectivity index (χ3n) is 3.36. The van der Waals surface area contributed by atoms with Gasteiger partial charge in [-0.3, -0.25) is 9.59 Å². The van der Waals surface area contributed by atoms with Crippen LogP contribution in [0.3, 0.4) is 0 Å². The van der Waals surface area contributed by atoms with E-state index in [1.165, 1.54) is 12.8 Å². The zero-order valence-corrected chi connectivity index (χ0v) is 9.87. The van der Waals surface area contributed by atoms with Crippen LogP contribution in [0, 0.1) is 5.92 Å². The minimum absolute atomic E-state index is 0.00570. The second-order valence-corrected chi connectivity index (χ2v) is 4.90. The molecule has 0 spiro atoms. The summed E-state index contributed by atoms with van der Waals surface area (Å²) in [5, 5.41) is 2.77. The highest BCUT2D eigenvalue weighted by atomic mass is 16.2. The summed E-state index contributed by atoms with van der Waals surface area (Å²) in [5.74, 6) is 0.915. The lowest BCUT2D eigenvalue weighted by atomic mass is 10.1. The van der Waals surface area contributed by atoms with Gasteiger partial charge in [-0.1, -0.05) is 26.2 Å². The van der Waals surface area contributed by atoms with Crippen LogP contribution in [0.15, 0.2) is 0 Å². The molecule has 1 N–H and O–H groups in total. The molecule has 2 fully saturated rings. The van der Waals surface area contributed by atoms with Gasteiger partial charge in [-0.15, -0.1) is 0 Å². The van der Waals surface area contributed by atoms with E-state index in [9.17, 15) is 9.59 Å². The van der Waals surface area contributed by atoms with Crippen LogP contribution in [0.25, 0.3) is 0 Å². The van der Waals surface area contributed by atoms with E-state index < -0.39 is 0 Å². The first-order valence-electron chi connectivity index (χ1n) is 6.29. The Hall–Kier alpha value is -1.06. The molecule has 1 atom stereocenters. The van der Waals surface area contributed by atoms with E-state index in [2.05, 4.69) is 5.32 Å². The molecule has 4 nitrogen and oxygen atoms in total. The van der Waals surface area contributed by atoms with Crippen LogP contribution >= 0.6 is 0 Å². The number of nitrogens with zero attached hydrogens (tertiary/aromatic N) is 1. The summed E-state index contributed by atoms with van der Waals surface area (Å²) in [6.45, 7) is 3.05. The van der Waals surface area contributed by atoms with E-state index in [0.717, 1.165) is 31.7 Å². The molecule has 0 aromatic carbocycles. The highest BCUT2D eigenvalue weighted by Gasteiger charge is 2.32. The Bertz CT molecular complexity index is 287. The summed E-state index contributed by atoms with van der Waals surface area (Å²) >= 11 is 0. The van der Waals surface area contributed by atoms with Gasteiger partial charge in [-0.05, 0) is 18.8 Å². The number of hydrogen-bond donors (Lipinski definition) is 1. The molecule has 4 heteroatoms. The van der Waals surface area contributed by atoms with Crippen molar-refractivity contribution in [3.63, 3.8) is 0 Å². The zero-order valence-electron chi connectivity index (χ0n) is 9.87. The molecule has 1 unspecified atom stereocenters. The second kappa shape index (κ2) is 4.85. The molecule has 1 aliphatic carbocycles. The van der Waals surface area contributed by atoms with E-state index >= 15 is 0 Å². The van der Waals surface area contributed by atoms with Gasteiger partial charge in [-0.25, -0.2) is 0 Å². The molecule has 1 saturated carbocycles. The fourth-order valence-electron chi connectivity index (χ4n) is 2.19. The molecule has 0 radical (unpaired) electrons. The van der Waals surface area contributed by atoms with Gasteiger partial charge in [0, 0.05) is 6.54 Å². The van der Waals surface area contributed by atoms with Gasteiger partial charge in [0.05, 0.1) is 6.54 Å². The monoisotopic (exact) mass is 224 g/mol. The van der Waals surface area contributed by atoms with Crippen molar-refractivity contribution >= 4 is 11.8 Å². The van der Waals surface area contributed by atoms with E-state index in [1.807, 2.05) is 6.92 Å². The van der Waals surface area contributed by atoms with Crippen molar-refractivity contribution in [2.45, 2.75) is 45.1 Å².